The molecule has 1 aliphatic carbocycles. The molecule has 1 aliphatic rings. The highest BCUT2D eigenvalue weighted by atomic mass is 16.3. The number of carbonyl (C=O) groups is 1. The summed E-state index contributed by atoms with van der Waals surface area (Å²) in [6.07, 6.45) is 2.09. The zero-order valence-corrected chi connectivity index (χ0v) is 9.66. The molecule has 1 heterocycles. The van der Waals surface area contributed by atoms with Crippen molar-refractivity contribution in [3.8, 4) is 0 Å². The average molecular weight is 223 g/mol. The SMILES string of the molecule is Cc1n[nH]c(C)c1C(=O)N(CCO)C1CC1. The zero-order chi connectivity index (χ0) is 11.7. The number of aromatic nitrogens is 2. The Bertz CT molecular complexity index is 376. The van der Waals surface area contributed by atoms with E-state index >= 15 is 0 Å². The van der Waals surface area contributed by atoms with Gasteiger partial charge in [-0.05, 0) is 26.7 Å². The van der Waals surface area contributed by atoms with Crippen LogP contribution in [0.25, 0.3) is 0 Å². The molecule has 0 unspecified atom stereocenters. The maximum Gasteiger partial charge on any atom is 0.257 e. The Morgan fingerprint density at radius 1 is 1.56 bits per heavy atom. The number of aromatic amines is 1. The summed E-state index contributed by atoms with van der Waals surface area (Å²) in [6, 6.07) is 0.313. The first-order chi connectivity index (χ1) is 7.65. The summed E-state index contributed by atoms with van der Waals surface area (Å²) in [7, 11) is 0. The van der Waals surface area contributed by atoms with E-state index in [1.165, 1.54) is 0 Å². The predicted octanol–water partition coefficient (Wildman–Crippen LogP) is 0.623. The van der Waals surface area contributed by atoms with Crippen LogP contribution in [0, 0.1) is 13.8 Å². The van der Waals surface area contributed by atoms with Gasteiger partial charge in [0.2, 0.25) is 0 Å². The van der Waals surface area contributed by atoms with Crippen molar-refractivity contribution >= 4 is 5.91 Å². The fourth-order valence-electron chi connectivity index (χ4n) is 1.95. The van der Waals surface area contributed by atoms with Crippen molar-refractivity contribution in [1.29, 1.82) is 0 Å². The van der Waals surface area contributed by atoms with Gasteiger partial charge >= 0.3 is 0 Å². The minimum atomic E-state index is -0.0136. The fourth-order valence-corrected chi connectivity index (χ4v) is 1.95. The van der Waals surface area contributed by atoms with Crippen LogP contribution in [0.2, 0.25) is 0 Å². The molecule has 0 bridgehead atoms. The van der Waals surface area contributed by atoms with E-state index in [0.717, 1.165) is 24.2 Å². The van der Waals surface area contributed by atoms with Crippen LogP contribution in [-0.4, -0.2) is 45.3 Å². The van der Waals surface area contributed by atoms with Crippen LogP contribution in [0.4, 0.5) is 0 Å². The second-order valence-corrected chi connectivity index (χ2v) is 4.26. The molecule has 0 saturated heterocycles. The Morgan fingerprint density at radius 2 is 2.25 bits per heavy atom. The van der Waals surface area contributed by atoms with Crippen LogP contribution >= 0.6 is 0 Å². The molecule has 2 rings (SSSR count). The highest BCUT2D eigenvalue weighted by molar-refractivity contribution is 5.96. The Kier molecular flexibility index (Phi) is 2.96. The molecule has 1 fully saturated rings. The molecule has 0 aliphatic heterocycles. The normalized spacial score (nSPS) is 15.2. The number of amides is 1. The lowest BCUT2D eigenvalue weighted by Crippen LogP contribution is -2.36. The highest BCUT2D eigenvalue weighted by Crippen LogP contribution is 2.28. The van der Waals surface area contributed by atoms with Crippen LogP contribution in [0.15, 0.2) is 0 Å². The van der Waals surface area contributed by atoms with E-state index in [9.17, 15) is 4.79 Å². The lowest BCUT2D eigenvalue weighted by molar-refractivity contribution is 0.0706. The number of carbonyl (C=O) groups excluding carboxylic acids is 1. The Morgan fingerprint density at radius 3 is 2.69 bits per heavy atom. The minimum Gasteiger partial charge on any atom is -0.395 e. The van der Waals surface area contributed by atoms with Gasteiger partial charge in [-0.15, -0.1) is 0 Å². The van der Waals surface area contributed by atoms with Gasteiger partial charge in [0.25, 0.3) is 5.91 Å². The molecule has 5 heteroatoms. The van der Waals surface area contributed by atoms with Crippen molar-refractivity contribution in [3.05, 3.63) is 17.0 Å². The second-order valence-electron chi connectivity index (χ2n) is 4.26. The van der Waals surface area contributed by atoms with E-state index in [1.807, 2.05) is 13.8 Å². The van der Waals surface area contributed by atoms with E-state index in [1.54, 1.807) is 4.90 Å². The zero-order valence-electron chi connectivity index (χ0n) is 9.66. The van der Waals surface area contributed by atoms with Crippen LogP contribution in [0.3, 0.4) is 0 Å². The van der Waals surface area contributed by atoms with Crippen LogP contribution in [0.5, 0.6) is 0 Å². The number of nitrogens with zero attached hydrogens (tertiary/aromatic N) is 2. The molecule has 88 valence electrons. The number of rotatable bonds is 4. The summed E-state index contributed by atoms with van der Waals surface area (Å²) in [5, 5.41) is 15.8. The van der Waals surface area contributed by atoms with Crippen molar-refractivity contribution in [1.82, 2.24) is 15.1 Å². The number of aryl methyl sites for hydroxylation is 2. The fraction of sp³-hybridized carbons (Fsp3) is 0.636. The van der Waals surface area contributed by atoms with E-state index in [-0.39, 0.29) is 12.5 Å². The van der Waals surface area contributed by atoms with Gasteiger partial charge in [-0.2, -0.15) is 5.10 Å². The number of nitrogens with one attached hydrogen (secondary N) is 1. The van der Waals surface area contributed by atoms with Crippen molar-refractivity contribution in [2.45, 2.75) is 32.7 Å². The molecule has 5 nitrogen and oxygen atoms in total. The Hall–Kier alpha value is -1.36. The van der Waals surface area contributed by atoms with Gasteiger partial charge in [0.1, 0.15) is 0 Å². The first-order valence-electron chi connectivity index (χ1n) is 5.58. The molecule has 1 aromatic heterocycles. The number of aliphatic hydroxyl groups excluding tert-OH is 1. The summed E-state index contributed by atoms with van der Waals surface area (Å²) < 4.78 is 0. The molecule has 0 spiro atoms. The predicted molar refractivity (Wildman–Crippen MR) is 59.2 cm³/mol. The van der Waals surface area contributed by atoms with Gasteiger partial charge in [0, 0.05) is 18.3 Å². The quantitative estimate of drug-likeness (QED) is 0.786. The van der Waals surface area contributed by atoms with Crippen LogP contribution < -0.4 is 0 Å². The summed E-state index contributed by atoms with van der Waals surface area (Å²) in [6.45, 7) is 4.09. The number of hydrogen-bond donors (Lipinski definition) is 2. The first kappa shape index (κ1) is 11.1. The number of aliphatic hydroxyl groups is 1. The topological polar surface area (TPSA) is 69.2 Å². The van der Waals surface area contributed by atoms with Gasteiger partial charge < -0.3 is 10.0 Å². The van der Waals surface area contributed by atoms with Crippen LogP contribution in [0.1, 0.15) is 34.6 Å². The largest absolute Gasteiger partial charge is 0.395 e. The second kappa shape index (κ2) is 4.25. The van der Waals surface area contributed by atoms with Gasteiger partial charge in [0.15, 0.2) is 0 Å². The summed E-state index contributed by atoms with van der Waals surface area (Å²) in [5.74, 6) is -0.0136. The van der Waals surface area contributed by atoms with E-state index in [0.29, 0.717) is 18.2 Å². The summed E-state index contributed by atoms with van der Waals surface area (Å²) in [4.78, 5) is 14.0. The molecule has 2 N–H and O–H groups in total. The molecular weight excluding hydrogens is 206 g/mol. The van der Waals surface area contributed by atoms with E-state index < -0.39 is 0 Å². The highest BCUT2D eigenvalue weighted by Gasteiger charge is 2.34. The molecule has 0 atom stereocenters. The van der Waals surface area contributed by atoms with E-state index in [2.05, 4.69) is 10.2 Å². The van der Waals surface area contributed by atoms with Gasteiger partial charge in [-0.1, -0.05) is 0 Å². The molecule has 0 radical (unpaired) electrons. The van der Waals surface area contributed by atoms with Crippen molar-refractivity contribution < 1.29 is 9.90 Å². The lowest BCUT2D eigenvalue weighted by atomic mass is 10.1. The third-order valence-corrected chi connectivity index (χ3v) is 2.93. The summed E-state index contributed by atoms with van der Waals surface area (Å²) in [5.41, 5.74) is 2.18. The molecule has 16 heavy (non-hydrogen) atoms. The standard InChI is InChI=1S/C11H17N3O2/c1-7-10(8(2)13-12-7)11(16)14(5-6-15)9-3-4-9/h9,15H,3-6H2,1-2H3,(H,12,13). The molecule has 0 aromatic carbocycles. The van der Waals surface area contributed by atoms with Gasteiger partial charge in [-0.25, -0.2) is 0 Å². The van der Waals surface area contributed by atoms with Crippen LogP contribution in [-0.2, 0) is 0 Å². The van der Waals surface area contributed by atoms with E-state index in [4.69, 9.17) is 5.11 Å². The Balaban J connectivity index is 2.22. The van der Waals surface area contributed by atoms with Gasteiger partial charge in [-0.3, -0.25) is 9.89 Å². The first-order valence-corrected chi connectivity index (χ1v) is 5.58. The number of H-pyrrole nitrogens is 1. The smallest absolute Gasteiger partial charge is 0.257 e. The maximum absolute atomic E-state index is 12.3. The molecule has 1 amide bonds. The molecule has 1 aromatic rings. The number of hydrogen-bond acceptors (Lipinski definition) is 3. The minimum absolute atomic E-state index is 0.0121. The van der Waals surface area contributed by atoms with Gasteiger partial charge in [0.05, 0.1) is 17.9 Å². The lowest BCUT2D eigenvalue weighted by Gasteiger charge is -2.21. The Labute approximate surface area is 94.5 Å². The average Bonchev–Trinajstić information content (AvgIpc) is 3.02. The summed E-state index contributed by atoms with van der Waals surface area (Å²) >= 11 is 0. The van der Waals surface area contributed by atoms with Crippen molar-refractivity contribution in [2.75, 3.05) is 13.2 Å². The third-order valence-electron chi connectivity index (χ3n) is 2.93. The third kappa shape index (κ3) is 1.95. The monoisotopic (exact) mass is 223 g/mol. The maximum atomic E-state index is 12.3. The van der Waals surface area contributed by atoms with Crippen molar-refractivity contribution in [2.24, 2.45) is 0 Å². The molecule has 1 saturated carbocycles. The van der Waals surface area contributed by atoms with Crippen molar-refractivity contribution in [3.63, 3.8) is 0 Å². The molecular formula is C11H17N3O2.